The summed E-state index contributed by atoms with van der Waals surface area (Å²) < 4.78 is 1.31. The number of carbonyl (C=O) groups excluding carboxylic acids is 1. The van der Waals surface area contributed by atoms with Crippen molar-refractivity contribution < 1.29 is 14.7 Å². The maximum Gasteiger partial charge on any atom is 0.358 e. The van der Waals surface area contributed by atoms with Crippen molar-refractivity contribution in [2.45, 2.75) is 19.9 Å². The van der Waals surface area contributed by atoms with Crippen molar-refractivity contribution in [2.24, 2.45) is 0 Å². The van der Waals surface area contributed by atoms with E-state index in [2.05, 4.69) is 20.6 Å². The Bertz CT molecular complexity index is 653. The Balaban J connectivity index is 2.53. The highest BCUT2D eigenvalue weighted by Gasteiger charge is 2.26. The first-order chi connectivity index (χ1) is 10.1. The van der Waals surface area contributed by atoms with Gasteiger partial charge in [-0.2, -0.15) is 0 Å². The Kier molecular flexibility index (Phi) is 4.27. The molecule has 110 valence electrons. The number of rotatable bonds is 5. The van der Waals surface area contributed by atoms with Crippen LogP contribution in [0.15, 0.2) is 24.5 Å². The molecule has 0 radical (unpaired) electrons. The molecule has 1 atom stereocenters. The van der Waals surface area contributed by atoms with Crippen molar-refractivity contribution in [2.75, 3.05) is 6.54 Å². The minimum absolute atomic E-state index is 0.197. The summed E-state index contributed by atoms with van der Waals surface area (Å²) in [7, 11) is 0. The lowest BCUT2D eigenvalue weighted by atomic mass is 10.1. The van der Waals surface area contributed by atoms with Crippen LogP contribution in [0.2, 0.25) is 0 Å². The molecule has 21 heavy (non-hydrogen) atoms. The van der Waals surface area contributed by atoms with Crippen LogP contribution in [0.4, 0.5) is 0 Å². The lowest BCUT2D eigenvalue weighted by Crippen LogP contribution is -2.31. The number of amides is 1. The molecule has 0 bridgehead atoms. The van der Waals surface area contributed by atoms with Crippen LogP contribution in [-0.2, 0) is 4.79 Å². The highest BCUT2D eigenvalue weighted by atomic mass is 16.4. The highest BCUT2D eigenvalue weighted by molar-refractivity contribution is 5.93. The molecule has 2 aromatic rings. The van der Waals surface area contributed by atoms with Gasteiger partial charge in [-0.1, -0.05) is 5.21 Å². The van der Waals surface area contributed by atoms with Crippen LogP contribution < -0.4 is 5.32 Å². The van der Waals surface area contributed by atoms with E-state index in [1.54, 1.807) is 26.0 Å². The number of hydrogen-bond donors (Lipinski definition) is 2. The van der Waals surface area contributed by atoms with Crippen molar-refractivity contribution in [3.63, 3.8) is 0 Å². The third-order valence-corrected chi connectivity index (χ3v) is 2.95. The van der Waals surface area contributed by atoms with Crippen LogP contribution in [0.3, 0.4) is 0 Å². The molecule has 2 N–H and O–H groups in total. The number of nitrogens with one attached hydrogen (secondary N) is 1. The van der Waals surface area contributed by atoms with Gasteiger partial charge in [0, 0.05) is 24.5 Å². The number of carbonyl (C=O) groups is 2. The smallest absolute Gasteiger partial charge is 0.358 e. The quantitative estimate of drug-likeness (QED) is 0.839. The number of carboxylic acids is 1. The number of nitrogens with zero attached hydrogens (tertiary/aromatic N) is 4. The topological polar surface area (TPSA) is 110 Å². The first kappa shape index (κ1) is 14.6. The van der Waals surface area contributed by atoms with E-state index in [-0.39, 0.29) is 17.3 Å². The third-order valence-electron chi connectivity index (χ3n) is 2.95. The summed E-state index contributed by atoms with van der Waals surface area (Å²) >= 11 is 0. The largest absolute Gasteiger partial charge is 0.476 e. The van der Waals surface area contributed by atoms with Crippen molar-refractivity contribution in [1.82, 2.24) is 25.3 Å². The van der Waals surface area contributed by atoms with Gasteiger partial charge in [-0.3, -0.25) is 9.78 Å². The molecule has 0 aliphatic heterocycles. The summed E-state index contributed by atoms with van der Waals surface area (Å²) in [5, 5.41) is 19.4. The van der Waals surface area contributed by atoms with Gasteiger partial charge in [0.05, 0.1) is 0 Å². The number of hydrogen-bond acceptors (Lipinski definition) is 5. The monoisotopic (exact) mass is 289 g/mol. The number of aromatic carboxylic acids is 1. The molecule has 0 aromatic carbocycles. The molecule has 8 heteroatoms. The minimum Gasteiger partial charge on any atom is -0.476 e. The van der Waals surface area contributed by atoms with Crippen molar-refractivity contribution >= 4 is 11.9 Å². The molecule has 0 aliphatic rings. The number of likely N-dealkylation sites (N-methyl/N-ethyl adjacent to an activating group) is 1. The van der Waals surface area contributed by atoms with E-state index in [4.69, 9.17) is 0 Å². The van der Waals surface area contributed by atoms with Crippen LogP contribution in [0.25, 0.3) is 11.3 Å². The van der Waals surface area contributed by atoms with E-state index in [0.29, 0.717) is 12.1 Å². The molecule has 2 rings (SSSR count). The van der Waals surface area contributed by atoms with Crippen LogP contribution in [0.5, 0.6) is 0 Å². The fourth-order valence-corrected chi connectivity index (χ4v) is 1.92. The van der Waals surface area contributed by atoms with Gasteiger partial charge < -0.3 is 10.4 Å². The highest BCUT2D eigenvalue weighted by Crippen LogP contribution is 2.24. The number of carboxylic acid groups (broad SMARTS) is 1. The molecule has 1 amide bonds. The summed E-state index contributed by atoms with van der Waals surface area (Å²) in [6.07, 6.45) is 3.07. The minimum atomic E-state index is -1.20. The van der Waals surface area contributed by atoms with E-state index in [0.717, 1.165) is 0 Å². The van der Waals surface area contributed by atoms with Crippen molar-refractivity contribution in [3.05, 3.63) is 30.2 Å². The Morgan fingerprint density at radius 1 is 1.38 bits per heavy atom. The predicted molar refractivity (Wildman–Crippen MR) is 73.6 cm³/mol. The maximum atomic E-state index is 11.9. The Morgan fingerprint density at radius 3 is 2.62 bits per heavy atom. The van der Waals surface area contributed by atoms with Gasteiger partial charge in [0.15, 0.2) is 5.69 Å². The molecular weight excluding hydrogens is 274 g/mol. The van der Waals surface area contributed by atoms with E-state index < -0.39 is 12.0 Å². The Hall–Kier alpha value is -2.77. The molecular formula is C13H15N5O3. The zero-order valence-corrected chi connectivity index (χ0v) is 11.6. The van der Waals surface area contributed by atoms with Gasteiger partial charge in [0.25, 0.3) is 0 Å². The lowest BCUT2D eigenvalue weighted by molar-refractivity contribution is -0.124. The first-order valence-corrected chi connectivity index (χ1v) is 6.42. The summed E-state index contributed by atoms with van der Waals surface area (Å²) in [4.78, 5) is 27.1. The molecule has 0 spiro atoms. The van der Waals surface area contributed by atoms with Crippen molar-refractivity contribution in [1.29, 1.82) is 0 Å². The third kappa shape index (κ3) is 2.88. The lowest BCUT2D eigenvalue weighted by Gasteiger charge is -2.14. The van der Waals surface area contributed by atoms with Crippen molar-refractivity contribution in [3.8, 4) is 11.3 Å². The number of pyridine rings is 1. The van der Waals surface area contributed by atoms with Crippen LogP contribution in [0, 0.1) is 0 Å². The molecule has 2 aromatic heterocycles. The second-order valence-corrected chi connectivity index (χ2v) is 4.34. The first-order valence-electron chi connectivity index (χ1n) is 6.42. The van der Waals surface area contributed by atoms with E-state index in [9.17, 15) is 14.7 Å². The second-order valence-electron chi connectivity index (χ2n) is 4.34. The van der Waals surface area contributed by atoms with Crippen LogP contribution in [-0.4, -0.2) is 43.5 Å². The average molecular weight is 289 g/mol. The second kappa shape index (κ2) is 6.12. The number of aromatic nitrogens is 4. The van der Waals surface area contributed by atoms with E-state index in [1.165, 1.54) is 17.1 Å². The molecule has 0 aliphatic carbocycles. The maximum absolute atomic E-state index is 11.9. The SMILES string of the molecule is CCNC(=O)C(C)n1nnc(C(=O)O)c1-c1ccncc1. The fourth-order valence-electron chi connectivity index (χ4n) is 1.92. The van der Waals surface area contributed by atoms with E-state index >= 15 is 0 Å². The standard InChI is InChI=1S/C13H15N5O3/c1-3-15-12(19)8(2)18-11(9-4-6-14-7-5-9)10(13(20)21)16-17-18/h4-8H,3H2,1-2H3,(H,15,19)(H,20,21). The summed E-state index contributed by atoms with van der Waals surface area (Å²) in [5.74, 6) is -1.45. The molecule has 0 fully saturated rings. The molecule has 8 nitrogen and oxygen atoms in total. The molecule has 0 saturated heterocycles. The Labute approximate surface area is 120 Å². The normalized spacial score (nSPS) is 11.9. The average Bonchev–Trinajstić information content (AvgIpc) is 2.92. The predicted octanol–water partition coefficient (Wildman–Crippen LogP) is 0.735. The van der Waals surface area contributed by atoms with Crippen LogP contribution in [0.1, 0.15) is 30.4 Å². The van der Waals surface area contributed by atoms with Crippen LogP contribution >= 0.6 is 0 Å². The zero-order valence-electron chi connectivity index (χ0n) is 11.6. The van der Waals surface area contributed by atoms with E-state index in [1.807, 2.05) is 0 Å². The fraction of sp³-hybridized carbons (Fsp3) is 0.308. The molecule has 2 heterocycles. The summed E-state index contributed by atoms with van der Waals surface area (Å²) in [6.45, 7) is 3.92. The van der Waals surface area contributed by atoms with Gasteiger partial charge in [0.2, 0.25) is 5.91 Å². The van der Waals surface area contributed by atoms with Gasteiger partial charge >= 0.3 is 5.97 Å². The van der Waals surface area contributed by atoms with Gasteiger partial charge in [-0.05, 0) is 26.0 Å². The zero-order chi connectivity index (χ0) is 15.4. The van der Waals surface area contributed by atoms with Gasteiger partial charge in [-0.15, -0.1) is 5.10 Å². The summed E-state index contributed by atoms with van der Waals surface area (Å²) in [5.41, 5.74) is 0.671. The van der Waals surface area contributed by atoms with Gasteiger partial charge in [-0.25, -0.2) is 9.48 Å². The summed E-state index contributed by atoms with van der Waals surface area (Å²) in [6, 6.07) is 2.62. The molecule has 1 unspecified atom stereocenters. The molecule has 0 saturated carbocycles. The Morgan fingerprint density at radius 2 is 2.05 bits per heavy atom. The van der Waals surface area contributed by atoms with Gasteiger partial charge in [0.1, 0.15) is 11.7 Å².